The van der Waals surface area contributed by atoms with Crippen LogP contribution >= 0.6 is 12.2 Å². The van der Waals surface area contributed by atoms with Crippen LogP contribution in [0, 0.1) is 10.7 Å². The van der Waals surface area contributed by atoms with Crippen LogP contribution in [0.3, 0.4) is 0 Å². The second kappa shape index (κ2) is 5.54. The van der Waals surface area contributed by atoms with Gasteiger partial charge in [-0.2, -0.15) is 4.98 Å². The van der Waals surface area contributed by atoms with E-state index < -0.39 is 0 Å². The molecule has 1 saturated heterocycles. The van der Waals surface area contributed by atoms with Crippen LogP contribution in [0.2, 0.25) is 0 Å². The number of rotatable bonds is 3. The van der Waals surface area contributed by atoms with Crippen molar-refractivity contribution in [3.8, 4) is 5.88 Å². The smallest absolute Gasteiger partial charge is 0.215 e. The summed E-state index contributed by atoms with van der Waals surface area (Å²) in [6.45, 7) is 3.88. The van der Waals surface area contributed by atoms with Crippen molar-refractivity contribution in [1.29, 1.82) is 0 Å². The lowest BCUT2D eigenvalue weighted by molar-refractivity contribution is 0.0516. The molecule has 1 aliphatic rings. The molecule has 3 rings (SSSR count). The lowest BCUT2D eigenvalue weighted by Crippen LogP contribution is -2.24. The zero-order chi connectivity index (χ0) is 14.1. The normalized spacial score (nSPS) is 18.3. The predicted octanol–water partition coefficient (Wildman–Crippen LogP) is 3.09. The summed E-state index contributed by atoms with van der Waals surface area (Å²) in [6.07, 6.45) is 2.14. The SMILES string of the molecule is COc1ccc2[nH]c(=S)n(C(C)C3CCOCC3)c2n1. The van der Waals surface area contributed by atoms with Crippen LogP contribution in [0.1, 0.15) is 25.8 Å². The van der Waals surface area contributed by atoms with Crippen molar-refractivity contribution in [2.75, 3.05) is 20.3 Å². The van der Waals surface area contributed by atoms with Crippen molar-refractivity contribution in [2.45, 2.75) is 25.8 Å². The van der Waals surface area contributed by atoms with Gasteiger partial charge >= 0.3 is 0 Å². The third-order valence-electron chi connectivity index (χ3n) is 4.10. The van der Waals surface area contributed by atoms with Gasteiger partial charge in [-0.05, 0) is 44.0 Å². The molecular weight excluding hydrogens is 274 g/mol. The highest BCUT2D eigenvalue weighted by Gasteiger charge is 2.24. The molecule has 1 fully saturated rings. The Bertz CT molecular complexity index is 658. The van der Waals surface area contributed by atoms with E-state index in [0.717, 1.165) is 42.0 Å². The van der Waals surface area contributed by atoms with E-state index in [2.05, 4.69) is 21.5 Å². The van der Waals surface area contributed by atoms with E-state index >= 15 is 0 Å². The maximum Gasteiger partial charge on any atom is 0.215 e. The number of hydrogen-bond acceptors (Lipinski definition) is 4. The van der Waals surface area contributed by atoms with Gasteiger partial charge in [0.1, 0.15) is 0 Å². The molecular formula is C14H19N3O2S. The molecule has 2 aromatic rings. The molecule has 0 bridgehead atoms. The number of methoxy groups -OCH3 is 1. The number of H-pyrrole nitrogens is 1. The zero-order valence-corrected chi connectivity index (χ0v) is 12.6. The molecule has 1 atom stereocenters. The molecule has 20 heavy (non-hydrogen) atoms. The minimum Gasteiger partial charge on any atom is -0.481 e. The fraction of sp³-hybridized carbons (Fsp3) is 0.571. The maximum atomic E-state index is 5.47. The highest BCUT2D eigenvalue weighted by Crippen LogP contribution is 2.30. The molecule has 0 saturated carbocycles. The zero-order valence-electron chi connectivity index (χ0n) is 11.8. The Morgan fingerprint density at radius 3 is 2.90 bits per heavy atom. The first-order valence-corrected chi connectivity index (χ1v) is 7.34. The van der Waals surface area contributed by atoms with Crippen LogP contribution in [0.15, 0.2) is 12.1 Å². The van der Waals surface area contributed by atoms with Gasteiger partial charge in [0, 0.05) is 25.3 Å². The van der Waals surface area contributed by atoms with Gasteiger partial charge in [0.15, 0.2) is 10.4 Å². The number of hydrogen-bond donors (Lipinski definition) is 1. The number of ether oxygens (including phenoxy) is 2. The summed E-state index contributed by atoms with van der Waals surface area (Å²) < 4.78 is 13.5. The van der Waals surface area contributed by atoms with Gasteiger partial charge in [-0.1, -0.05) is 0 Å². The molecule has 0 radical (unpaired) electrons. The molecule has 1 unspecified atom stereocenters. The van der Waals surface area contributed by atoms with Gasteiger partial charge in [0.2, 0.25) is 5.88 Å². The van der Waals surface area contributed by atoms with Gasteiger partial charge < -0.3 is 14.5 Å². The van der Waals surface area contributed by atoms with Gasteiger partial charge in [-0.25, -0.2) is 0 Å². The molecule has 6 heteroatoms. The van der Waals surface area contributed by atoms with E-state index in [1.807, 2.05) is 12.1 Å². The van der Waals surface area contributed by atoms with Crippen LogP contribution in [0.4, 0.5) is 0 Å². The van der Waals surface area contributed by atoms with Gasteiger partial charge in [-0.3, -0.25) is 4.57 Å². The van der Waals surface area contributed by atoms with Crippen molar-refractivity contribution in [1.82, 2.24) is 14.5 Å². The van der Waals surface area contributed by atoms with Crippen molar-refractivity contribution < 1.29 is 9.47 Å². The molecule has 1 N–H and O–H groups in total. The first-order chi connectivity index (χ1) is 9.70. The van der Waals surface area contributed by atoms with Gasteiger partial charge in [-0.15, -0.1) is 0 Å². The van der Waals surface area contributed by atoms with Crippen molar-refractivity contribution in [3.05, 3.63) is 16.9 Å². The van der Waals surface area contributed by atoms with Crippen LogP contribution in [-0.4, -0.2) is 34.9 Å². The Labute approximate surface area is 122 Å². The van der Waals surface area contributed by atoms with E-state index in [1.54, 1.807) is 7.11 Å². The lowest BCUT2D eigenvalue weighted by atomic mass is 9.93. The molecule has 1 aliphatic heterocycles. The van der Waals surface area contributed by atoms with Crippen LogP contribution < -0.4 is 4.74 Å². The third kappa shape index (κ3) is 2.33. The average Bonchev–Trinajstić information content (AvgIpc) is 2.82. The predicted molar refractivity (Wildman–Crippen MR) is 79.7 cm³/mol. The summed E-state index contributed by atoms with van der Waals surface area (Å²) in [4.78, 5) is 7.77. The minimum atomic E-state index is 0.305. The molecule has 2 aromatic heterocycles. The fourth-order valence-electron chi connectivity index (χ4n) is 2.88. The molecule has 0 aromatic carbocycles. The number of aromatic amines is 1. The highest BCUT2D eigenvalue weighted by molar-refractivity contribution is 7.71. The molecule has 5 nitrogen and oxygen atoms in total. The molecule has 0 spiro atoms. The molecule has 0 aliphatic carbocycles. The molecule has 3 heterocycles. The second-order valence-corrected chi connectivity index (χ2v) is 5.60. The molecule has 108 valence electrons. The summed E-state index contributed by atoms with van der Waals surface area (Å²) in [7, 11) is 1.63. The maximum absolute atomic E-state index is 5.47. The highest BCUT2D eigenvalue weighted by atomic mass is 32.1. The Morgan fingerprint density at radius 1 is 1.45 bits per heavy atom. The Morgan fingerprint density at radius 2 is 2.20 bits per heavy atom. The first kappa shape index (κ1) is 13.6. The Kier molecular flexibility index (Phi) is 3.76. The average molecular weight is 293 g/mol. The van der Waals surface area contributed by atoms with E-state index in [9.17, 15) is 0 Å². The standard InChI is InChI=1S/C14H19N3O2S/c1-9(10-5-7-19-8-6-10)17-13-11(15-14(17)20)3-4-12(16-13)18-2/h3-4,9-10H,5-8H2,1-2H3,(H,15,20). The number of fused-ring (bicyclic) bond motifs is 1. The number of aromatic nitrogens is 3. The van der Waals surface area contributed by atoms with E-state index in [4.69, 9.17) is 21.7 Å². The summed E-state index contributed by atoms with van der Waals surface area (Å²) in [5.74, 6) is 1.18. The minimum absolute atomic E-state index is 0.305. The van der Waals surface area contributed by atoms with Crippen molar-refractivity contribution >= 4 is 23.4 Å². The first-order valence-electron chi connectivity index (χ1n) is 6.93. The summed E-state index contributed by atoms with van der Waals surface area (Å²) >= 11 is 5.47. The second-order valence-electron chi connectivity index (χ2n) is 5.22. The van der Waals surface area contributed by atoms with Gasteiger partial charge in [0.25, 0.3) is 0 Å². The van der Waals surface area contributed by atoms with E-state index in [-0.39, 0.29) is 0 Å². The number of nitrogens with zero attached hydrogens (tertiary/aromatic N) is 2. The molecule has 0 amide bonds. The van der Waals surface area contributed by atoms with E-state index in [0.29, 0.717) is 17.8 Å². The van der Waals surface area contributed by atoms with Crippen LogP contribution in [0.25, 0.3) is 11.2 Å². The number of nitrogens with one attached hydrogen (secondary N) is 1. The topological polar surface area (TPSA) is 52.1 Å². The Balaban J connectivity index is 2.04. The van der Waals surface area contributed by atoms with E-state index in [1.165, 1.54) is 0 Å². The summed E-state index contributed by atoms with van der Waals surface area (Å²) in [6, 6.07) is 4.11. The number of imidazole rings is 1. The quantitative estimate of drug-likeness (QED) is 0.884. The van der Waals surface area contributed by atoms with Crippen LogP contribution in [0.5, 0.6) is 5.88 Å². The number of pyridine rings is 1. The monoisotopic (exact) mass is 293 g/mol. The van der Waals surface area contributed by atoms with Crippen LogP contribution in [-0.2, 0) is 4.74 Å². The van der Waals surface area contributed by atoms with Gasteiger partial charge in [0.05, 0.1) is 12.6 Å². The fourth-order valence-corrected chi connectivity index (χ4v) is 3.25. The Hall–Kier alpha value is -1.40. The summed E-state index contributed by atoms with van der Waals surface area (Å²) in [5, 5.41) is 0. The lowest BCUT2D eigenvalue weighted by Gasteiger charge is -2.28. The summed E-state index contributed by atoms with van der Waals surface area (Å²) in [5.41, 5.74) is 1.82. The largest absolute Gasteiger partial charge is 0.481 e. The van der Waals surface area contributed by atoms with Crippen molar-refractivity contribution in [2.24, 2.45) is 5.92 Å². The van der Waals surface area contributed by atoms with Crippen molar-refractivity contribution in [3.63, 3.8) is 0 Å². The third-order valence-corrected chi connectivity index (χ3v) is 4.40.